The van der Waals surface area contributed by atoms with E-state index in [2.05, 4.69) is 20.9 Å². The summed E-state index contributed by atoms with van der Waals surface area (Å²) in [5, 5.41) is 1.93. The molecule has 0 aliphatic rings. The van der Waals surface area contributed by atoms with Gasteiger partial charge in [-0.3, -0.25) is 4.98 Å². The average molecular weight is 242 g/mol. The Kier molecular flexibility index (Phi) is 4.64. The van der Waals surface area contributed by atoms with Gasteiger partial charge in [0.1, 0.15) is 0 Å². The molecule has 1 aromatic carbocycles. The molecule has 12 heavy (non-hydrogen) atoms. The molecule has 0 saturated carbocycles. The highest BCUT2D eigenvalue weighted by molar-refractivity contribution is 9.10. The lowest BCUT2D eigenvalue weighted by atomic mass is 10.4. The Morgan fingerprint density at radius 3 is 2.17 bits per heavy atom. The topological polar surface area (TPSA) is 12.9 Å². The minimum Gasteiger partial charge on any atom is -0.253 e. The van der Waals surface area contributed by atoms with Gasteiger partial charge in [0.15, 0.2) is 0 Å². The van der Waals surface area contributed by atoms with Crippen LogP contribution in [0.1, 0.15) is 0 Å². The molecule has 2 aromatic rings. The minimum atomic E-state index is 1.13. The molecule has 0 radical (unpaired) electrons. The molecule has 0 bridgehead atoms. The molecule has 0 N–H and O–H groups in total. The van der Waals surface area contributed by atoms with Crippen molar-refractivity contribution in [2.75, 3.05) is 0 Å². The first-order valence-corrected chi connectivity index (χ1v) is 5.16. The van der Waals surface area contributed by atoms with Crippen LogP contribution in [-0.4, -0.2) is 4.98 Å². The van der Waals surface area contributed by atoms with Crippen LogP contribution >= 0.6 is 27.3 Å². The Hall–Kier alpha value is -0.670. The fraction of sp³-hybridized carbons (Fsp3) is 0. The van der Waals surface area contributed by atoms with E-state index in [0.717, 1.165) is 4.47 Å². The standard InChI is InChI=1S/C6H5Br.C3H3NS/c7-6-4-2-1-3-5-6;1-2-5-3-4-1/h1-5H;1-3H. The number of halogens is 1. The van der Waals surface area contributed by atoms with Crippen LogP contribution < -0.4 is 0 Å². The summed E-state index contributed by atoms with van der Waals surface area (Å²) >= 11 is 4.91. The van der Waals surface area contributed by atoms with E-state index in [4.69, 9.17) is 0 Å². The van der Waals surface area contributed by atoms with Gasteiger partial charge >= 0.3 is 0 Å². The highest BCUT2D eigenvalue weighted by Crippen LogP contribution is 2.05. The van der Waals surface area contributed by atoms with Crippen LogP contribution in [0.4, 0.5) is 0 Å². The zero-order valence-corrected chi connectivity index (χ0v) is 8.75. The van der Waals surface area contributed by atoms with Crippen LogP contribution in [-0.2, 0) is 0 Å². The summed E-state index contributed by atoms with van der Waals surface area (Å²) in [7, 11) is 0. The number of hydrogen-bond donors (Lipinski definition) is 0. The van der Waals surface area contributed by atoms with E-state index < -0.39 is 0 Å². The molecular weight excluding hydrogens is 234 g/mol. The van der Waals surface area contributed by atoms with Crippen LogP contribution in [0.3, 0.4) is 0 Å². The Labute approximate surface area is 84.2 Å². The molecule has 0 aliphatic heterocycles. The minimum absolute atomic E-state index is 1.13. The number of nitrogens with zero attached hydrogens (tertiary/aromatic N) is 1. The molecule has 3 heteroatoms. The number of aromatic nitrogens is 1. The van der Waals surface area contributed by atoms with Crippen molar-refractivity contribution in [1.29, 1.82) is 0 Å². The Morgan fingerprint density at radius 1 is 1.17 bits per heavy atom. The molecule has 62 valence electrons. The van der Waals surface area contributed by atoms with Gasteiger partial charge in [0.25, 0.3) is 0 Å². The quantitative estimate of drug-likeness (QED) is 0.687. The molecule has 0 amide bonds. The smallest absolute Gasteiger partial charge is 0.0791 e. The van der Waals surface area contributed by atoms with Gasteiger partial charge in [-0.1, -0.05) is 34.1 Å². The predicted molar refractivity (Wildman–Crippen MR) is 56.3 cm³/mol. The second-order valence-electron chi connectivity index (χ2n) is 1.97. The lowest BCUT2D eigenvalue weighted by Gasteiger charge is -1.80. The molecule has 1 heterocycles. The third-order valence-electron chi connectivity index (χ3n) is 1.08. The predicted octanol–water partition coefficient (Wildman–Crippen LogP) is 3.59. The van der Waals surface area contributed by atoms with Gasteiger partial charge in [-0.05, 0) is 12.1 Å². The highest BCUT2D eigenvalue weighted by Gasteiger charge is 1.74. The molecule has 1 nitrogen and oxygen atoms in total. The van der Waals surface area contributed by atoms with Crippen molar-refractivity contribution in [1.82, 2.24) is 4.98 Å². The second-order valence-corrected chi connectivity index (χ2v) is 3.64. The van der Waals surface area contributed by atoms with Gasteiger partial charge in [-0.2, -0.15) is 0 Å². The Morgan fingerprint density at radius 2 is 1.92 bits per heavy atom. The largest absolute Gasteiger partial charge is 0.253 e. The number of rotatable bonds is 0. The number of thiazole rings is 1. The van der Waals surface area contributed by atoms with E-state index in [-0.39, 0.29) is 0 Å². The molecular formula is C9H8BrNS. The van der Waals surface area contributed by atoms with Crippen molar-refractivity contribution in [3.05, 3.63) is 51.9 Å². The molecule has 1 aromatic heterocycles. The Balaban J connectivity index is 0.000000127. The maximum absolute atomic E-state index is 3.74. The summed E-state index contributed by atoms with van der Waals surface area (Å²) in [6.45, 7) is 0. The third-order valence-corrected chi connectivity index (χ3v) is 2.13. The maximum Gasteiger partial charge on any atom is 0.0791 e. The maximum atomic E-state index is 3.74. The average Bonchev–Trinajstić information content (AvgIpc) is 2.62. The van der Waals surface area contributed by atoms with Crippen molar-refractivity contribution in [2.24, 2.45) is 0 Å². The first kappa shape index (κ1) is 9.42. The van der Waals surface area contributed by atoms with Crippen LogP contribution in [0, 0.1) is 0 Å². The first-order chi connectivity index (χ1) is 5.89. The molecule has 2 rings (SSSR count). The van der Waals surface area contributed by atoms with Crippen molar-refractivity contribution in [3.63, 3.8) is 0 Å². The highest BCUT2D eigenvalue weighted by atomic mass is 79.9. The van der Waals surface area contributed by atoms with Gasteiger partial charge in [0.2, 0.25) is 0 Å². The third kappa shape index (κ3) is 4.26. The van der Waals surface area contributed by atoms with E-state index in [1.165, 1.54) is 0 Å². The lowest BCUT2D eigenvalue weighted by molar-refractivity contribution is 1.43. The molecule has 0 saturated heterocycles. The van der Waals surface area contributed by atoms with E-state index in [1.54, 1.807) is 23.0 Å². The fourth-order valence-electron chi connectivity index (χ4n) is 0.590. The van der Waals surface area contributed by atoms with Gasteiger partial charge in [-0.25, -0.2) is 0 Å². The van der Waals surface area contributed by atoms with Gasteiger partial charge < -0.3 is 0 Å². The van der Waals surface area contributed by atoms with Gasteiger partial charge in [0, 0.05) is 16.0 Å². The summed E-state index contributed by atoms with van der Waals surface area (Å²) in [6, 6.07) is 9.97. The molecule has 0 spiro atoms. The van der Waals surface area contributed by atoms with Gasteiger partial charge in [-0.15, -0.1) is 11.3 Å². The van der Waals surface area contributed by atoms with E-state index in [0.29, 0.717) is 0 Å². The van der Waals surface area contributed by atoms with Crippen molar-refractivity contribution in [2.45, 2.75) is 0 Å². The second kappa shape index (κ2) is 5.91. The van der Waals surface area contributed by atoms with E-state index in [9.17, 15) is 0 Å². The molecule has 0 atom stereocenters. The molecule has 0 unspecified atom stereocenters. The van der Waals surface area contributed by atoms with Gasteiger partial charge in [0.05, 0.1) is 5.51 Å². The zero-order chi connectivity index (χ0) is 8.65. The number of hydrogen-bond acceptors (Lipinski definition) is 2. The van der Waals surface area contributed by atoms with E-state index >= 15 is 0 Å². The van der Waals surface area contributed by atoms with Crippen molar-refractivity contribution < 1.29 is 0 Å². The van der Waals surface area contributed by atoms with Crippen molar-refractivity contribution in [3.8, 4) is 0 Å². The Bertz CT molecular complexity index is 263. The SMILES string of the molecule is Brc1ccccc1.c1cscn1. The van der Waals surface area contributed by atoms with E-state index in [1.807, 2.05) is 35.7 Å². The summed E-state index contributed by atoms with van der Waals surface area (Å²) in [5.74, 6) is 0. The summed E-state index contributed by atoms with van der Waals surface area (Å²) < 4.78 is 1.13. The fourth-order valence-corrected chi connectivity index (χ4v) is 1.25. The lowest BCUT2D eigenvalue weighted by Crippen LogP contribution is -1.55. The number of benzene rings is 1. The van der Waals surface area contributed by atoms with Crippen molar-refractivity contribution >= 4 is 27.3 Å². The summed E-state index contributed by atoms with van der Waals surface area (Å²) in [5.41, 5.74) is 1.79. The zero-order valence-electron chi connectivity index (χ0n) is 6.35. The van der Waals surface area contributed by atoms with Crippen LogP contribution in [0.25, 0.3) is 0 Å². The summed E-state index contributed by atoms with van der Waals surface area (Å²) in [6.07, 6.45) is 1.77. The monoisotopic (exact) mass is 241 g/mol. The first-order valence-electron chi connectivity index (χ1n) is 3.42. The molecule has 0 aliphatic carbocycles. The van der Waals surface area contributed by atoms with Crippen LogP contribution in [0.15, 0.2) is 51.9 Å². The molecule has 0 fully saturated rings. The van der Waals surface area contributed by atoms with Crippen LogP contribution in [0.5, 0.6) is 0 Å². The normalized spacial score (nSPS) is 8.42. The summed E-state index contributed by atoms with van der Waals surface area (Å²) in [4.78, 5) is 3.74. The van der Waals surface area contributed by atoms with Crippen LogP contribution in [0.2, 0.25) is 0 Å².